The van der Waals surface area contributed by atoms with Gasteiger partial charge in [-0.05, 0) is 12.8 Å². The van der Waals surface area contributed by atoms with E-state index >= 15 is 0 Å². The highest BCUT2D eigenvalue weighted by atomic mass is 32.2. The molecule has 1 fully saturated rings. The van der Waals surface area contributed by atoms with Crippen LogP contribution < -0.4 is 5.32 Å². The molecule has 0 aromatic heterocycles. The smallest absolute Gasteiger partial charge is 0.266 e. The summed E-state index contributed by atoms with van der Waals surface area (Å²) in [5, 5.41) is 3.25. The lowest BCUT2D eigenvalue weighted by Crippen LogP contribution is -2.33. The molecule has 5 heteroatoms. The molecular weight excluding hydrogens is 238 g/mol. The monoisotopic (exact) mass is 263 g/mol. The van der Waals surface area contributed by atoms with E-state index in [2.05, 4.69) is 5.32 Å². The van der Waals surface area contributed by atoms with Gasteiger partial charge < -0.3 is 5.32 Å². The van der Waals surface area contributed by atoms with Gasteiger partial charge in [-0.1, -0.05) is 44.9 Å². The zero-order valence-electron chi connectivity index (χ0n) is 10.5. The Bertz CT molecular complexity index is 280. The Balaban J connectivity index is 2.23. The van der Waals surface area contributed by atoms with Gasteiger partial charge in [0, 0.05) is 12.6 Å². The zero-order chi connectivity index (χ0) is 12.6. The summed E-state index contributed by atoms with van der Waals surface area (Å²) in [7, 11) is -3.82. The summed E-state index contributed by atoms with van der Waals surface area (Å²) in [6, 6.07) is 0.426. The van der Waals surface area contributed by atoms with Crippen LogP contribution >= 0.6 is 0 Å². The average Bonchev–Trinajstić information content (AvgIpc) is 2.25. The normalized spacial score (nSPS) is 21.2. The Morgan fingerprint density at radius 1 is 0.941 bits per heavy atom. The summed E-state index contributed by atoms with van der Waals surface area (Å²) >= 11 is 0. The lowest BCUT2D eigenvalue weighted by Gasteiger charge is -2.19. The Morgan fingerprint density at radius 3 is 1.88 bits per heavy atom. The third kappa shape index (κ3) is 8.57. The Kier molecular flexibility index (Phi) is 7.08. The fourth-order valence-corrected chi connectivity index (χ4v) is 2.78. The van der Waals surface area contributed by atoms with E-state index in [4.69, 9.17) is 4.55 Å². The fraction of sp³-hybridized carbons (Fsp3) is 1.00. The molecule has 0 aliphatic heterocycles. The van der Waals surface area contributed by atoms with E-state index in [1.54, 1.807) is 0 Å². The zero-order valence-corrected chi connectivity index (χ0v) is 11.3. The molecule has 102 valence electrons. The van der Waals surface area contributed by atoms with Crippen LogP contribution in [0, 0.1) is 0 Å². The molecule has 0 aromatic rings. The van der Waals surface area contributed by atoms with Gasteiger partial charge in [0.25, 0.3) is 10.1 Å². The van der Waals surface area contributed by atoms with Crippen LogP contribution in [-0.2, 0) is 10.1 Å². The van der Waals surface area contributed by atoms with Gasteiger partial charge in [-0.15, -0.1) is 0 Å². The van der Waals surface area contributed by atoms with Crippen molar-refractivity contribution in [3.05, 3.63) is 0 Å². The van der Waals surface area contributed by atoms with Crippen LogP contribution in [-0.4, -0.2) is 31.3 Å². The van der Waals surface area contributed by atoms with Gasteiger partial charge in [0.1, 0.15) is 0 Å². The minimum atomic E-state index is -3.82. The molecule has 0 spiro atoms. The van der Waals surface area contributed by atoms with Gasteiger partial charge >= 0.3 is 0 Å². The van der Waals surface area contributed by atoms with Crippen LogP contribution in [0.25, 0.3) is 0 Å². The van der Waals surface area contributed by atoms with Crippen LogP contribution in [0.2, 0.25) is 0 Å². The van der Waals surface area contributed by atoms with Crippen molar-refractivity contribution in [2.24, 2.45) is 0 Å². The van der Waals surface area contributed by atoms with Crippen LogP contribution in [0.15, 0.2) is 0 Å². The first-order valence-electron chi connectivity index (χ1n) is 6.76. The van der Waals surface area contributed by atoms with E-state index in [0.29, 0.717) is 12.6 Å². The molecule has 0 radical (unpaired) electrons. The molecule has 0 unspecified atom stereocenters. The fourth-order valence-electron chi connectivity index (χ4n) is 2.41. The Labute approximate surface area is 105 Å². The molecule has 1 saturated carbocycles. The Hall–Kier alpha value is -0.130. The predicted molar refractivity (Wildman–Crippen MR) is 69.8 cm³/mol. The highest BCUT2D eigenvalue weighted by Gasteiger charge is 2.11. The van der Waals surface area contributed by atoms with Crippen molar-refractivity contribution in [3.8, 4) is 0 Å². The summed E-state index contributed by atoms with van der Waals surface area (Å²) in [5.74, 6) is -0.177. The lowest BCUT2D eigenvalue weighted by atomic mass is 9.97. The maximum Gasteiger partial charge on any atom is 0.266 e. The first-order valence-corrected chi connectivity index (χ1v) is 8.37. The summed E-state index contributed by atoms with van der Waals surface area (Å²) in [6.07, 6.45) is 11.3. The molecule has 0 aromatic carbocycles. The maximum absolute atomic E-state index is 10.6. The SMILES string of the molecule is O=S(=O)(O)CCNC1CCCCCCCCC1. The minimum absolute atomic E-state index is 0.177. The van der Waals surface area contributed by atoms with Gasteiger partial charge in [-0.25, -0.2) is 0 Å². The lowest BCUT2D eigenvalue weighted by molar-refractivity contribution is 0.403. The van der Waals surface area contributed by atoms with Gasteiger partial charge in [0.15, 0.2) is 0 Å². The third-order valence-corrected chi connectivity index (χ3v) is 4.12. The Morgan fingerprint density at radius 2 is 1.41 bits per heavy atom. The first-order chi connectivity index (χ1) is 8.08. The van der Waals surface area contributed by atoms with Crippen LogP contribution in [0.4, 0.5) is 0 Å². The molecule has 0 bridgehead atoms. The molecule has 17 heavy (non-hydrogen) atoms. The van der Waals surface area contributed by atoms with Gasteiger partial charge in [0.05, 0.1) is 5.75 Å². The standard InChI is InChI=1S/C12H25NO3S/c14-17(15,16)11-10-13-12-8-6-4-2-1-3-5-7-9-12/h12-13H,1-11H2,(H,14,15,16). The van der Waals surface area contributed by atoms with Crippen molar-refractivity contribution in [2.75, 3.05) is 12.3 Å². The van der Waals surface area contributed by atoms with Crippen LogP contribution in [0.1, 0.15) is 57.8 Å². The second kappa shape index (κ2) is 8.06. The van der Waals surface area contributed by atoms with Crippen LogP contribution in [0.3, 0.4) is 0 Å². The second-order valence-corrected chi connectivity index (χ2v) is 6.56. The molecule has 0 atom stereocenters. The number of hydrogen-bond donors (Lipinski definition) is 2. The van der Waals surface area contributed by atoms with Gasteiger partial charge in [-0.3, -0.25) is 4.55 Å². The summed E-state index contributed by atoms with van der Waals surface area (Å²) in [5.41, 5.74) is 0. The molecule has 2 N–H and O–H groups in total. The maximum atomic E-state index is 10.6. The second-order valence-electron chi connectivity index (χ2n) is 4.99. The highest BCUT2D eigenvalue weighted by Crippen LogP contribution is 2.16. The molecule has 1 aliphatic rings. The van der Waals surface area contributed by atoms with E-state index < -0.39 is 10.1 Å². The van der Waals surface area contributed by atoms with Crippen molar-refractivity contribution in [1.82, 2.24) is 5.32 Å². The molecule has 0 saturated heterocycles. The molecule has 0 amide bonds. The summed E-state index contributed by atoms with van der Waals surface area (Å²) < 4.78 is 29.9. The van der Waals surface area contributed by atoms with Gasteiger partial charge in [0.2, 0.25) is 0 Å². The molecule has 1 aliphatic carbocycles. The predicted octanol–water partition coefficient (Wildman–Crippen LogP) is 2.36. The summed E-state index contributed by atoms with van der Waals surface area (Å²) in [4.78, 5) is 0. The van der Waals surface area contributed by atoms with E-state index in [1.807, 2.05) is 0 Å². The van der Waals surface area contributed by atoms with Gasteiger partial charge in [-0.2, -0.15) is 8.42 Å². The topological polar surface area (TPSA) is 66.4 Å². The van der Waals surface area contributed by atoms with E-state index in [1.165, 1.54) is 44.9 Å². The van der Waals surface area contributed by atoms with E-state index in [-0.39, 0.29) is 5.75 Å². The molecule has 4 nitrogen and oxygen atoms in total. The van der Waals surface area contributed by atoms with Crippen molar-refractivity contribution in [1.29, 1.82) is 0 Å². The number of nitrogens with one attached hydrogen (secondary N) is 1. The van der Waals surface area contributed by atoms with Crippen molar-refractivity contribution in [2.45, 2.75) is 63.8 Å². The highest BCUT2D eigenvalue weighted by molar-refractivity contribution is 7.85. The summed E-state index contributed by atoms with van der Waals surface area (Å²) in [6.45, 7) is 0.365. The molecule has 0 heterocycles. The van der Waals surface area contributed by atoms with Crippen molar-refractivity contribution in [3.63, 3.8) is 0 Å². The van der Waals surface area contributed by atoms with E-state index in [0.717, 1.165) is 12.8 Å². The molecular formula is C12H25NO3S. The minimum Gasteiger partial charge on any atom is -0.313 e. The van der Waals surface area contributed by atoms with E-state index in [9.17, 15) is 8.42 Å². The van der Waals surface area contributed by atoms with Crippen molar-refractivity contribution >= 4 is 10.1 Å². The third-order valence-electron chi connectivity index (χ3n) is 3.40. The van der Waals surface area contributed by atoms with Crippen molar-refractivity contribution < 1.29 is 13.0 Å². The average molecular weight is 263 g/mol. The molecule has 1 rings (SSSR count). The first kappa shape index (κ1) is 14.9. The number of rotatable bonds is 4. The quantitative estimate of drug-likeness (QED) is 0.764. The number of hydrogen-bond acceptors (Lipinski definition) is 3. The largest absolute Gasteiger partial charge is 0.313 e. The van der Waals surface area contributed by atoms with Crippen LogP contribution in [0.5, 0.6) is 0 Å².